The van der Waals surface area contributed by atoms with Crippen LogP contribution in [0.5, 0.6) is 0 Å². The molecule has 2 aliphatic heterocycles. The van der Waals surface area contributed by atoms with E-state index in [2.05, 4.69) is 26.9 Å². The number of fused-ring (bicyclic) bond motifs is 1. The number of carbonyl (C=O) groups excluding carboxylic acids is 2. The maximum absolute atomic E-state index is 12.7. The smallest absolute Gasteiger partial charge is 0.352 e. The number of nitrogens with one attached hydrogen (secondary N) is 1. The molecule has 1 aromatic heterocycles. The first kappa shape index (κ1) is 29.5. The van der Waals surface area contributed by atoms with Gasteiger partial charge >= 0.3 is 11.9 Å². The average Bonchev–Trinajstić information content (AvgIpc) is 3.13. The molecule has 3 rings (SSSR count). The van der Waals surface area contributed by atoms with Crippen LogP contribution >= 0.6 is 23.1 Å². The second-order valence-corrected chi connectivity index (χ2v) is 7.92. The summed E-state index contributed by atoms with van der Waals surface area (Å²) in [5, 5.41) is 25.0. The highest BCUT2D eigenvalue weighted by Gasteiger charge is 2.54. The Morgan fingerprint density at radius 2 is 2.03 bits per heavy atom. The third kappa shape index (κ3) is 5.84. The molecular formula is C16H21N5O10S2. The van der Waals surface area contributed by atoms with Crippen molar-refractivity contribution in [2.45, 2.75) is 11.4 Å². The largest absolute Gasteiger partial charge is 0.479 e. The third-order valence-corrected chi connectivity index (χ3v) is 6.03. The number of thioether (sulfide) groups is 1. The molecule has 2 aliphatic rings. The van der Waals surface area contributed by atoms with Crippen LogP contribution < -0.4 is 11.1 Å². The maximum atomic E-state index is 12.7. The summed E-state index contributed by atoms with van der Waals surface area (Å²) < 4.78 is 0. The lowest BCUT2D eigenvalue weighted by atomic mass is 10.0. The van der Waals surface area contributed by atoms with Crippen molar-refractivity contribution in [1.29, 1.82) is 0 Å². The van der Waals surface area contributed by atoms with E-state index in [1.165, 1.54) is 23.2 Å². The number of carboxylic acids is 2. The van der Waals surface area contributed by atoms with E-state index in [0.29, 0.717) is 11.3 Å². The van der Waals surface area contributed by atoms with E-state index in [9.17, 15) is 24.3 Å². The van der Waals surface area contributed by atoms with E-state index in [-0.39, 0.29) is 38.7 Å². The molecule has 2 amide bonds. The van der Waals surface area contributed by atoms with Crippen molar-refractivity contribution in [3.63, 3.8) is 0 Å². The van der Waals surface area contributed by atoms with Crippen LogP contribution in [0.15, 0.2) is 34.5 Å². The number of oxime groups is 1. The predicted octanol–water partition coefficient (Wildman–Crippen LogP) is -3.02. The lowest BCUT2D eigenvalue weighted by molar-refractivity contribution is -0.150. The molecule has 182 valence electrons. The van der Waals surface area contributed by atoms with E-state index in [1.54, 1.807) is 0 Å². The number of nitrogen functional groups attached to an aromatic ring is 1. The molecule has 0 aliphatic carbocycles. The number of carbonyl (C=O) groups is 4. The van der Waals surface area contributed by atoms with Gasteiger partial charge in [0.05, 0.1) is 0 Å². The van der Waals surface area contributed by atoms with E-state index in [0.717, 1.165) is 16.2 Å². The van der Waals surface area contributed by atoms with Crippen LogP contribution in [0.1, 0.15) is 5.69 Å². The molecule has 0 aromatic carbocycles. The first-order chi connectivity index (χ1) is 14.2. The Labute approximate surface area is 193 Å². The molecule has 0 spiro atoms. The summed E-state index contributed by atoms with van der Waals surface area (Å²) in [7, 11) is 0. The average molecular weight is 508 g/mol. The monoisotopic (exact) mass is 507 g/mol. The lowest BCUT2D eigenvalue weighted by Crippen LogP contribution is -2.71. The normalized spacial score (nSPS) is 19.0. The molecule has 2 atom stereocenters. The molecule has 3 heterocycles. The highest BCUT2D eigenvalue weighted by molar-refractivity contribution is 8.00. The van der Waals surface area contributed by atoms with Gasteiger partial charge in [-0.15, -0.1) is 23.1 Å². The maximum Gasteiger partial charge on any atom is 0.352 e. The van der Waals surface area contributed by atoms with Gasteiger partial charge in [0.15, 0.2) is 10.8 Å². The lowest BCUT2D eigenvalue weighted by Gasteiger charge is -2.49. The van der Waals surface area contributed by atoms with Crippen molar-refractivity contribution in [3.8, 4) is 0 Å². The molecule has 11 N–H and O–H groups in total. The number of nitrogens with two attached hydrogens (primary N) is 1. The Morgan fingerprint density at radius 1 is 1.36 bits per heavy atom. The Bertz CT molecular complexity index is 1010. The van der Waals surface area contributed by atoms with Gasteiger partial charge in [-0.25, -0.2) is 14.6 Å². The Kier molecular flexibility index (Phi) is 10.7. The highest BCUT2D eigenvalue weighted by Crippen LogP contribution is 2.40. The topological polar surface area (TPSA) is 279 Å². The van der Waals surface area contributed by atoms with Gasteiger partial charge < -0.3 is 42.5 Å². The Hall–Kier alpha value is -3.51. The fraction of sp³-hybridized carbons (Fsp3) is 0.250. The number of aliphatic carboxylic acids is 2. The van der Waals surface area contributed by atoms with E-state index in [1.807, 2.05) is 0 Å². The first-order valence-corrected chi connectivity index (χ1v) is 10.1. The van der Waals surface area contributed by atoms with Gasteiger partial charge in [-0.05, 0) is 5.57 Å². The predicted molar refractivity (Wildman–Crippen MR) is 117 cm³/mol. The number of allylic oxidation sites excluding steroid dienone is 1. The van der Waals surface area contributed by atoms with Gasteiger partial charge in [0.2, 0.25) is 6.61 Å². The Balaban J connectivity index is 0.00000341. The number of aromatic nitrogens is 1. The van der Waals surface area contributed by atoms with Crippen molar-refractivity contribution in [2.24, 2.45) is 5.16 Å². The minimum absolute atomic E-state index is 0. The molecule has 1 aromatic rings. The fourth-order valence-electron chi connectivity index (χ4n) is 2.76. The summed E-state index contributed by atoms with van der Waals surface area (Å²) in [6.45, 7) is 2.77. The molecule has 17 heteroatoms. The summed E-state index contributed by atoms with van der Waals surface area (Å²) in [6, 6.07) is -1.01. The minimum atomic E-state index is -1.30. The number of thiazole rings is 1. The van der Waals surface area contributed by atoms with Crippen molar-refractivity contribution < 1.29 is 50.7 Å². The molecule has 15 nitrogen and oxygen atoms in total. The summed E-state index contributed by atoms with van der Waals surface area (Å²) in [5.74, 6) is -3.72. The van der Waals surface area contributed by atoms with Crippen molar-refractivity contribution in [3.05, 3.63) is 35.0 Å². The Morgan fingerprint density at radius 3 is 2.55 bits per heavy atom. The number of nitrogens with zero attached hydrogens (tertiary/aromatic N) is 3. The highest BCUT2D eigenvalue weighted by atomic mass is 32.2. The molecule has 1 unspecified atom stereocenters. The number of β-lactam (4-membered cyclic amide) rings is 1. The van der Waals surface area contributed by atoms with E-state index >= 15 is 0 Å². The number of hydrogen-bond donors (Lipinski definition) is 4. The van der Waals surface area contributed by atoms with Crippen LogP contribution in [0.3, 0.4) is 0 Å². The molecule has 33 heavy (non-hydrogen) atoms. The molecule has 0 bridgehead atoms. The van der Waals surface area contributed by atoms with Gasteiger partial charge in [0.25, 0.3) is 11.8 Å². The van der Waals surface area contributed by atoms with Crippen LogP contribution in [0.25, 0.3) is 0 Å². The van der Waals surface area contributed by atoms with Gasteiger partial charge in [-0.1, -0.05) is 17.8 Å². The molecular weight excluding hydrogens is 486 g/mol. The van der Waals surface area contributed by atoms with E-state index < -0.39 is 41.8 Å². The second-order valence-electron chi connectivity index (χ2n) is 5.92. The number of hydrogen-bond acceptors (Lipinski definition) is 10. The summed E-state index contributed by atoms with van der Waals surface area (Å²) in [6.07, 6.45) is 1.38. The fourth-order valence-corrected chi connectivity index (χ4v) is 4.65. The number of anilines is 1. The zero-order valence-electron chi connectivity index (χ0n) is 16.6. The molecule has 0 saturated carbocycles. The van der Waals surface area contributed by atoms with E-state index in [4.69, 9.17) is 10.8 Å². The first-order valence-electron chi connectivity index (χ1n) is 8.22. The standard InChI is InChI=1S/C16H15N5O7S2.3H2O/c1-2-6-4-29-14-10(13(25)21(14)11(6)15(26)27)19-12(24)9(20-28-3-8(22)23)7-5-30-16(17)18-7;;;/h2,5,10,14H,1,3-4H2,(H2,17,18)(H,19,24)(H,22,23)(H,26,27);3*1H2/b20-9-;;;/t10?,14-;;;/m0.../s1. The van der Waals surface area contributed by atoms with Crippen molar-refractivity contribution in [1.82, 2.24) is 15.2 Å². The summed E-state index contributed by atoms with van der Waals surface area (Å²) >= 11 is 2.30. The summed E-state index contributed by atoms with van der Waals surface area (Å²) in [5.41, 5.74) is 5.48. The van der Waals surface area contributed by atoms with Gasteiger partial charge in [0, 0.05) is 11.1 Å². The van der Waals surface area contributed by atoms with Crippen LogP contribution in [-0.2, 0) is 24.0 Å². The zero-order valence-corrected chi connectivity index (χ0v) is 18.2. The SMILES string of the molecule is C=CC1=C(C(=O)O)N2C(=O)C(NC(=O)/C(=N\OCC(=O)O)c3csc(N)n3)[C@@H]2SC1.O.O.O. The van der Waals surface area contributed by atoms with Crippen LogP contribution in [-0.4, -0.2) is 89.8 Å². The zero-order chi connectivity index (χ0) is 22.0. The van der Waals surface area contributed by atoms with Crippen LogP contribution in [0.2, 0.25) is 0 Å². The van der Waals surface area contributed by atoms with Gasteiger partial charge in [-0.3, -0.25) is 14.5 Å². The molecule has 1 saturated heterocycles. The minimum Gasteiger partial charge on any atom is -0.479 e. The molecule has 1 fully saturated rings. The van der Waals surface area contributed by atoms with Crippen molar-refractivity contribution in [2.75, 3.05) is 18.1 Å². The van der Waals surface area contributed by atoms with Crippen LogP contribution in [0.4, 0.5) is 5.13 Å². The van der Waals surface area contributed by atoms with Gasteiger partial charge in [-0.2, -0.15) is 0 Å². The summed E-state index contributed by atoms with van der Waals surface area (Å²) in [4.78, 5) is 57.1. The molecule has 0 radical (unpaired) electrons. The quantitative estimate of drug-likeness (QED) is 0.157. The van der Waals surface area contributed by atoms with Gasteiger partial charge in [0.1, 0.15) is 22.8 Å². The third-order valence-electron chi connectivity index (χ3n) is 4.06. The second kappa shape index (κ2) is 11.9. The van der Waals surface area contributed by atoms with Crippen molar-refractivity contribution >= 4 is 57.7 Å². The number of carboxylic acid groups (broad SMARTS) is 2. The number of rotatable bonds is 8. The van der Waals surface area contributed by atoms with Crippen LogP contribution in [0, 0.1) is 0 Å². The number of amides is 2.